The Morgan fingerprint density at radius 3 is 2.40 bits per heavy atom. The van der Waals surface area contributed by atoms with Gasteiger partial charge in [0.15, 0.2) is 0 Å². The lowest BCUT2D eigenvalue weighted by molar-refractivity contribution is -0.119. The lowest BCUT2D eigenvalue weighted by Crippen LogP contribution is -2.42. The van der Waals surface area contributed by atoms with Crippen molar-refractivity contribution in [1.29, 1.82) is 0 Å². The van der Waals surface area contributed by atoms with Crippen LogP contribution in [0.1, 0.15) is 5.56 Å². The smallest absolute Gasteiger partial charge is 0.326 e. The van der Waals surface area contributed by atoms with E-state index in [1.165, 1.54) is 19.2 Å². The number of nitrogens with one attached hydrogen (secondary N) is 1. The second kappa shape index (κ2) is 6.72. The molecular weight excluding hydrogens is 345 g/mol. The van der Waals surface area contributed by atoms with E-state index in [1.807, 2.05) is 0 Å². The number of carbonyl (C=O) groups is 1. The van der Waals surface area contributed by atoms with E-state index in [1.54, 1.807) is 36.4 Å². The lowest BCUT2D eigenvalue weighted by Gasteiger charge is -2.18. The molecule has 1 N–H and O–H groups in total. The topological polar surface area (TPSA) is 69.7 Å². The fourth-order valence-electron chi connectivity index (χ4n) is 2.69. The van der Waals surface area contributed by atoms with Crippen molar-refractivity contribution in [3.8, 4) is 0 Å². The highest BCUT2D eigenvalue weighted by Crippen LogP contribution is 2.39. The van der Waals surface area contributed by atoms with Gasteiger partial charge in [0.2, 0.25) is 5.91 Å². The van der Waals surface area contributed by atoms with E-state index < -0.39 is 16.1 Å². The first kappa shape index (κ1) is 17.2. The number of anilines is 2. The zero-order valence-corrected chi connectivity index (χ0v) is 14.5. The van der Waals surface area contributed by atoms with Crippen molar-refractivity contribution in [2.45, 2.75) is 6.42 Å². The summed E-state index contributed by atoms with van der Waals surface area (Å²) in [7, 11) is -2.28. The summed E-state index contributed by atoms with van der Waals surface area (Å²) in [6, 6.07) is 12.9. The van der Waals surface area contributed by atoms with E-state index in [4.69, 9.17) is 0 Å². The minimum Gasteiger partial charge on any atom is -0.354 e. The molecule has 0 unspecified atom stereocenters. The third kappa shape index (κ3) is 3.43. The van der Waals surface area contributed by atoms with Gasteiger partial charge in [0.25, 0.3) is 0 Å². The third-order valence-electron chi connectivity index (χ3n) is 4.05. The number of rotatable bonds is 5. The van der Waals surface area contributed by atoms with Gasteiger partial charge in [-0.15, -0.1) is 0 Å². The number of nitrogens with zero attached hydrogens (tertiary/aromatic N) is 2. The Labute approximate surface area is 146 Å². The predicted octanol–water partition coefficient (Wildman–Crippen LogP) is 1.69. The normalized spacial score (nSPS) is 15.1. The van der Waals surface area contributed by atoms with Crippen LogP contribution in [0.2, 0.25) is 0 Å². The van der Waals surface area contributed by atoms with E-state index in [0.717, 1.165) is 14.2 Å². The lowest BCUT2D eigenvalue weighted by atomic mass is 10.1. The van der Waals surface area contributed by atoms with Gasteiger partial charge in [0, 0.05) is 13.6 Å². The number of halogens is 1. The first-order valence-electron chi connectivity index (χ1n) is 7.76. The molecule has 1 aliphatic rings. The molecule has 0 aliphatic carbocycles. The number of amides is 1. The summed E-state index contributed by atoms with van der Waals surface area (Å²) >= 11 is 0. The zero-order chi connectivity index (χ0) is 18.0. The molecule has 6 nitrogen and oxygen atoms in total. The Balaban J connectivity index is 1.62. The molecule has 0 aromatic heterocycles. The van der Waals surface area contributed by atoms with E-state index in [9.17, 15) is 17.6 Å². The number of para-hydroxylation sites is 2. The van der Waals surface area contributed by atoms with Crippen LogP contribution in [0.15, 0.2) is 48.5 Å². The molecule has 2 aromatic carbocycles. The molecule has 1 amide bonds. The van der Waals surface area contributed by atoms with Gasteiger partial charge in [0.05, 0.1) is 11.4 Å². The number of hydrogen-bond acceptors (Lipinski definition) is 3. The van der Waals surface area contributed by atoms with Crippen LogP contribution in [0.3, 0.4) is 0 Å². The second-order valence-electron chi connectivity index (χ2n) is 5.70. The number of hydrogen-bond donors (Lipinski definition) is 1. The van der Waals surface area contributed by atoms with E-state index in [2.05, 4.69) is 5.32 Å². The van der Waals surface area contributed by atoms with Crippen LogP contribution in [-0.4, -0.2) is 34.5 Å². The third-order valence-corrected chi connectivity index (χ3v) is 5.82. The van der Waals surface area contributed by atoms with Crippen LogP contribution in [0, 0.1) is 5.82 Å². The van der Waals surface area contributed by atoms with Gasteiger partial charge < -0.3 is 5.32 Å². The first-order chi connectivity index (χ1) is 11.9. The van der Waals surface area contributed by atoms with Crippen molar-refractivity contribution >= 4 is 27.5 Å². The maximum absolute atomic E-state index is 12.9. The summed E-state index contributed by atoms with van der Waals surface area (Å²) in [6.07, 6.45) is 0.537. The molecule has 0 atom stereocenters. The average Bonchev–Trinajstić information content (AvgIpc) is 2.78. The van der Waals surface area contributed by atoms with E-state index in [-0.39, 0.29) is 12.4 Å². The van der Waals surface area contributed by atoms with Gasteiger partial charge in [-0.1, -0.05) is 24.3 Å². The molecule has 0 spiro atoms. The summed E-state index contributed by atoms with van der Waals surface area (Å²) in [5, 5.41) is 2.70. The first-order valence-corrected chi connectivity index (χ1v) is 9.16. The van der Waals surface area contributed by atoms with Crippen LogP contribution < -0.4 is 13.9 Å². The molecule has 0 fully saturated rings. The summed E-state index contributed by atoms with van der Waals surface area (Å²) in [5.41, 5.74) is 1.92. The maximum Gasteiger partial charge on any atom is 0.326 e. The largest absolute Gasteiger partial charge is 0.354 e. The van der Waals surface area contributed by atoms with Crippen molar-refractivity contribution in [1.82, 2.24) is 5.32 Å². The summed E-state index contributed by atoms with van der Waals surface area (Å²) < 4.78 is 40.0. The molecule has 1 aliphatic heterocycles. The van der Waals surface area contributed by atoms with Gasteiger partial charge in [-0.25, -0.2) is 8.70 Å². The van der Waals surface area contributed by atoms with Crippen LogP contribution in [-0.2, 0) is 21.4 Å². The maximum atomic E-state index is 12.9. The van der Waals surface area contributed by atoms with Crippen molar-refractivity contribution < 1.29 is 17.6 Å². The Bertz CT molecular complexity index is 884. The van der Waals surface area contributed by atoms with Crippen LogP contribution in [0.4, 0.5) is 15.8 Å². The zero-order valence-electron chi connectivity index (χ0n) is 13.6. The molecule has 2 aromatic rings. The Morgan fingerprint density at radius 1 is 1.08 bits per heavy atom. The van der Waals surface area contributed by atoms with Crippen molar-refractivity contribution in [2.24, 2.45) is 0 Å². The minimum atomic E-state index is -3.74. The second-order valence-corrected chi connectivity index (χ2v) is 7.58. The molecule has 0 saturated carbocycles. The Kier molecular flexibility index (Phi) is 4.63. The van der Waals surface area contributed by atoms with Gasteiger partial charge in [-0.3, -0.25) is 9.10 Å². The van der Waals surface area contributed by atoms with Gasteiger partial charge >= 0.3 is 10.2 Å². The molecule has 0 saturated heterocycles. The fraction of sp³-hybridized carbons (Fsp3) is 0.235. The standard InChI is InChI=1S/C17H18FN3O3S/c1-20-15-4-2-3-5-16(15)21(25(20,23)24)12-17(22)19-11-10-13-6-8-14(18)9-7-13/h2-9H,10-12H2,1H3,(H,19,22). The average molecular weight is 363 g/mol. The van der Waals surface area contributed by atoms with Crippen LogP contribution >= 0.6 is 0 Å². The molecular formula is C17H18FN3O3S. The molecule has 132 valence electrons. The SMILES string of the molecule is CN1c2ccccc2N(CC(=O)NCCc2ccc(F)cc2)S1(=O)=O. The van der Waals surface area contributed by atoms with Crippen molar-refractivity contribution in [2.75, 3.05) is 28.7 Å². The highest BCUT2D eigenvalue weighted by Gasteiger charge is 2.38. The fourth-order valence-corrected chi connectivity index (χ4v) is 4.07. The van der Waals surface area contributed by atoms with Gasteiger partial charge in [0.1, 0.15) is 12.4 Å². The monoisotopic (exact) mass is 363 g/mol. The van der Waals surface area contributed by atoms with Crippen molar-refractivity contribution in [3.05, 3.63) is 59.9 Å². The van der Waals surface area contributed by atoms with E-state index >= 15 is 0 Å². The molecule has 0 radical (unpaired) electrons. The van der Waals surface area contributed by atoms with Gasteiger partial charge in [-0.2, -0.15) is 8.42 Å². The molecule has 3 rings (SSSR count). The number of fused-ring (bicyclic) bond motifs is 1. The highest BCUT2D eigenvalue weighted by molar-refractivity contribution is 7.94. The molecule has 25 heavy (non-hydrogen) atoms. The predicted molar refractivity (Wildman–Crippen MR) is 94.2 cm³/mol. The molecule has 0 bridgehead atoms. The van der Waals surface area contributed by atoms with Crippen molar-refractivity contribution in [3.63, 3.8) is 0 Å². The van der Waals surface area contributed by atoms with Gasteiger partial charge in [-0.05, 0) is 36.2 Å². The highest BCUT2D eigenvalue weighted by atomic mass is 32.2. The van der Waals surface area contributed by atoms with E-state index in [0.29, 0.717) is 24.3 Å². The minimum absolute atomic E-state index is 0.285. The van der Waals surface area contributed by atoms with Crippen LogP contribution in [0.5, 0.6) is 0 Å². The Morgan fingerprint density at radius 2 is 1.72 bits per heavy atom. The molecule has 8 heteroatoms. The quantitative estimate of drug-likeness (QED) is 0.879. The van der Waals surface area contributed by atoms with Crippen LogP contribution in [0.25, 0.3) is 0 Å². The summed E-state index contributed by atoms with van der Waals surface area (Å²) in [4.78, 5) is 12.2. The Hall–Kier alpha value is -2.61. The number of benzene rings is 2. The summed E-state index contributed by atoms with van der Waals surface area (Å²) in [6.45, 7) is 0.0585. The summed E-state index contributed by atoms with van der Waals surface area (Å²) in [5.74, 6) is -0.703. The molecule has 1 heterocycles. The number of carbonyl (C=O) groups excluding carboxylic acids is 1.